The molecule has 0 nitrogen and oxygen atoms in total. The van der Waals surface area contributed by atoms with Gasteiger partial charge in [-0.1, -0.05) is 106 Å². The van der Waals surface area contributed by atoms with E-state index in [2.05, 4.69) is 119 Å². The molecule has 0 fully saturated rings. The van der Waals surface area contributed by atoms with E-state index in [-0.39, 0.29) is 0 Å². The number of hydrogen-bond acceptors (Lipinski definition) is 0. The van der Waals surface area contributed by atoms with Crippen molar-refractivity contribution in [3.8, 4) is 11.1 Å². The van der Waals surface area contributed by atoms with Gasteiger partial charge >= 0.3 is 0 Å². The molecule has 2 aromatic carbocycles. The summed E-state index contributed by atoms with van der Waals surface area (Å²) in [5.41, 5.74) is 9.36. The lowest BCUT2D eigenvalue weighted by Crippen LogP contribution is -2.01. The van der Waals surface area contributed by atoms with Gasteiger partial charge in [-0.3, -0.25) is 0 Å². The Hall–Kier alpha value is -2.86. The zero-order valence-electron chi connectivity index (χ0n) is 18.2. The van der Waals surface area contributed by atoms with E-state index in [4.69, 9.17) is 0 Å². The molecule has 29 heavy (non-hydrogen) atoms. The van der Waals surface area contributed by atoms with Crippen molar-refractivity contribution in [2.24, 2.45) is 5.92 Å². The standard InChI is InChI=1S/C29H32/c1-5-23(6-2)28(20-22(3)4)29(25-16-11-8-12-17-25)27-19-13-18-26(21-27)24-14-9-7-10-15-24/h5,7-16,18-22H,6,17H2,1-4H3/b23-5?,28-20+,29-25-. The first-order chi connectivity index (χ1) is 14.1. The van der Waals surface area contributed by atoms with Crippen molar-refractivity contribution in [2.45, 2.75) is 40.5 Å². The maximum Gasteiger partial charge on any atom is -0.00764 e. The summed E-state index contributed by atoms with van der Waals surface area (Å²) in [4.78, 5) is 0. The van der Waals surface area contributed by atoms with Crippen molar-refractivity contribution in [3.05, 3.63) is 113 Å². The first-order valence-electron chi connectivity index (χ1n) is 10.7. The maximum absolute atomic E-state index is 2.43. The van der Waals surface area contributed by atoms with Crippen LogP contribution in [0, 0.1) is 5.92 Å². The molecule has 2 aromatic rings. The highest BCUT2D eigenvalue weighted by Gasteiger charge is 2.17. The fourth-order valence-electron chi connectivity index (χ4n) is 3.93. The molecule has 0 heteroatoms. The van der Waals surface area contributed by atoms with Gasteiger partial charge < -0.3 is 0 Å². The average Bonchev–Trinajstić information content (AvgIpc) is 2.76. The van der Waals surface area contributed by atoms with E-state index in [1.165, 1.54) is 39.0 Å². The molecule has 1 aliphatic carbocycles. The summed E-state index contributed by atoms with van der Waals surface area (Å²) in [6, 6.07) is 19.7. The fourth-order valence-corrected chi connectivity index (χ4v) is 3.93. The summed E-state index contributed by atoms with van der Waals surface area (Å²) >= 11 is 0. The summed E-state index contributed by atoms with van der Waals surface area (Å²) < 4.78 is 0. The van der Waals surface area contributed by atoms with Crippen LogP contribution < -0.4 is 0 Å². The Balaban J connectivity index is 2.23. The molecule has 0 radical (unpaired) electrons. The van der Waals surface area contributed by atoms with Crippen LogP contribution in [0.4, 0.5) is 0 Å². The molecule has 148 valence electrons. The lowest BCUT2D eigenvalue weighted by molar-refractivity contribution is 0.824. The van der Waals surface area contributed by atoms with Gasteiger partial charge in [0.25, 0.3) is 0 Å². The van der Waals surface area contributed by atoms with E-state index in [1.807, 2.05) is 0 Å². The Morgan fingerprint density at radius 1 is 0.966 bits per heavy atom. The largest absolute Gasteiger partial charge is 0.0838 e. The van der Waals surface area contributed by atoms with Crippen LogP contribution in [0.25, 0.3) is 16.7 Å². The van der Waals surface area contributed by atoms with Gasteiger partial charge in [0.15, 0.2) is 0 Å². The van der Waals surface area contributed by atoms with E-state index < -0.39 is 0 Å². The minimum absolute atomic E-state index is 0.488. The number of hydrogen-bond donors (Lipinski definition) is 0. The molecule has 0 bridgehead atoms. The van der Waals surface area contributed by atoms with Crippen LogP contribution in [0.3, 0.4) is 0 Å². The van der Waals surface area contributed by atoms with Gasteiger partial charge in [-0.15, -0.1) is 0 Å². The van der Waals surface area contributed by atoms with Crippen molar-refractivity contribution in [3.63, 3.8) is 0 Å². The Kier molecular flexibility index (Phi) is 7.25. The molecule has 0 saturated carbocycles. The topological polar surface area (TPSA) is 0 Å². The third-order valence-electron chi connectivity index (χ3n) is 5.31. The first-order valence-corrected chi connectivity index (χ1v) is 10.7. The van der Waals surface area contributed by atoms with Crippen LogP contribution in [0.1, 0.15) is 46.1 Å². The molecule has 0 unspecified atom stereocenters. The highest BCUT2D eigenvalue weighted by molar-refractivity contribution is 5.88. The molecule has 0 heterocycles. The predicted octanol–water partition coefficient (Wildman–Crippen LogP) is 8.56. The van der Waals surface area contributed by atoms with Gasteiger partial charge in [-0.05, 0) is 70.7 Å². The zero-order chi connectivity index (χ0) is 20.6. The quantitative estimate of drug-likeness (QED) is 0.440. The summed E-state index contributed by atoms with van der Waals surface area (Å²) in [5.74, 6) is 0.488. The molecule has 1 aliphatic rings. The highest BCUT2D eigenvalue weighted by atomic mass is 14.2. The van der Waals surface area contributed by atoms with Crippen LogP contribution >= 0.6 is 0 Å². The molecule has 0 atom stereocenters. The van der Waals surface area contributed by atoms with Crippen LogP contribution in [-0.2, 0) is 0 Å². The fraction of sp³-hybridized carbons (Fsp3) is 0.241. The van der Waals surface area contributed by atoms with E-state index in [0.717, 1.165) is 12.8 Å². The van der Waals surface area contributed by atoms with Crippen molar-refractivity contribution < 1.29 is 0 Å². The Morgan fingerprint density at radius 2 is 1.72 bits per heavy atom. The lowest BCUT2D eigenvalue weighted by Gasteiger charge is -2.21. The lowest BCUT2D eigenvalue weighted by atomic mass is 9.83. The number of benzene rings is 2. The minimum atomic E-state index is 0.488. The maximum atomic E-state index is 2.43. The van der Waals surface area contributed by atoms with Gasteiger partial charge in [0.2, 0.25) is 0 Å². The monoisotopic (exact) mass is 380 g/mol. The van der Waals surface area contributed by atoms with Gasteiger partial charge in [0, 0.05) is 0 Å². The zero-order valence-corrected chi connectivity index (χ0v) is 18.2. The summed E-state index contributed by atoms with van der Waals surface area (Å²) in [6.45, 7) is 8.94. The minimum Gasteiger partial charge on any atom is -0.0838 e. The molecular formula is C29H32. The van der Waals surface area contributed by atoms with Gasteiger partial charge in [-0.25, -0.2) is 0 Å². The van der Waals surface area contributed by atoms with Crippen LogP contribution in [0.15, 0.2) is 108 Å². The van der Waals surface area contributed by atoms with E-state index in [0.29, 0.717) is 5.92 Å². The third kappa shape index (κ3) is 5.15. The predicted molar refractivity (Wildman–Crippen MR) is 129 cm³/mol. The molecule has 0 aliphatic heterocycles. The second-order valence-corrected chi connectivity index (χ2v) is 7.83. The molecule has 3 rings (SSSR count). The number of rotatable bonds is 6. The van der Waals surface area contributed by atoms with Gasteiger partial charge in [0.05, 0.1) is 0 Å². The van der Waals surface area contributed by atoms with E-state index in [9.17, 15) is 0 Å². The highest BCUT2D eigenvalue weighted by Crippen LogP contribution is 2.37. The number of allylic oxidation sites excluding steroid dienone is 10. The van der Waals surface area contributed by atoms with Gasteiger partial charge in [-0.2, -0.15) is 0 Å². The molecule has 0 N–H and O–H groups in total. The summed E-state index contributed by atoms with van der Waals surface area (Å²) in [5, 5.41) is 0. The third-order valence-corrected chi connectivity index (χ3v) is 5.31. The Bertz CT molecular complexity index is 976. The van der Waals surface area contributed by atoms with Crippen molar-refractivity contribution >= 4 is 5.57 Å². The van der Waals surface area contributed by atoms with Crippen LogP contribution in [0.2, 0.25) is 0 Å². The Labute approximate surface area is 176 Å². The molecule has 0 amide bonds. The van der Waals surface area contributed by atoms with Crippen molar-refractivity contribution in [1.82, 2.24) is 0 Å². The normalized spacial score (nSPS) is 16.4. The van der Waals surface area contributed by atoms with E-state index in [1.54, 1.807) is 0 Å². The average molecular weight is 381 g/mol. The van der Waals surface area contributed by atoms with Crippen LogP contribution in [0.5, 0.6) is 0 Å². The summed E-state index contributed by atoms with van der Waals surface area (Å²) in [6.07, 6.45) is 15.5. The molecule has 0 saturated heterocycles. The second kappa shape index (κ2) is 10.1. The van der Waals surface area contributed by atoms with E-state index >= 15 is 0 Å². The van der Waals surface area contributed by atoms with Crippen LogP contribution in [-0.4, -0.2) is 0 Å². The summed E-state index contributed by atoms with van der Waals surface area (Å²) in [7, 11) is 0. The van der Waals surface area contributed by atoms with Gasteiger partial charge in [0.1, 0.15) is 0 Å². The molecule has 0 aromatic heterocycles. The van der Waals surface area contributed by atoms with Crippen molar-refractivity contribution in [2.75, 3.05) is 0 Å². The molecule has 0 spiro atoms. The second-order valence-electron chi connectivity index (χ2n) is 7.83. The van der Waals surface area contributed by atoms with Crippen molar-refractivity contribution in [1.29, 1.82) is 0 Å². The smallest absolute Gasteiger partial charge is 0.00764 e. The molecular weight excluding hydrogens is 348 g/mol. The Morgan fingerprint density at radius 3 is 2.34 bits per heavy atom. The SMILES string of the molecule is CC=C(CC)C(=C\C(C)C)/C(=C1/C=CC=CC1)c1cccc(-c2ccccc2)c1. The first kappa shape index (κ1) is 20.9.